The number of pyridine rings is 1. The number of carbonyl (C=O) groups excluding carboxylic acids is 1. The van der Waals surface area contributed by atoms with E-state index in [0.29, 0.717) is 67.9 Å². The molecule has 11 heteroatoms. The van der Waals surface area contributed by atoms with Crippen molar-refractivity contribution in [1.82, 2.24) is 20.1 Å². The molecule has 196 valence electrons. The molecule has 1 aromatic carbocycles. The van der Waals surface area contributed by atoms with E-state index in [4.69, 9.17) is 14.5 Å². The SMILES string of the molecule is COc1nc2c(C)nnc(N[C@H](C)c3cccc(C(F)F)c3)c2cc1N1CCN(C(=O)C2COC2)CC1. The average molecular weight is 513 g/mol. The maximum absolute atomic E-state index is 13.2. The summed E-state index contributed by atoms with van der Waals surface area (Å²) in [5.74, 6) is 1.10. The Balaban J connectivity index is 1.42. The van der Waals surface area contributed by atoms with Gasteiger partial charge in [-0.05, 0) is 31.5 Å². The molecule has 2 aliphatic heterocycles. The number of nitrogens with zero attached hydrogens (tertiary/aromatic N) is 5. The molecule has 0 spiro atoms. The smallest absolute Gasteiger partial charge is 0.263 e. The van der Waals surface area contributed by atoms with Gasteiger partial charge in [0.1, 0.15) is 11.2 Å². The molecule has 2 aliphatic rings. The Morgan fingerprint density at radius 3 is 2.51 bits per heavy atom. The van der Waals surface area contributed by atoms with E-state index in [1.807, 2.05) is 24.8 Å². The van der Waals surface area contributed by atoms with E-state index in [0.717, 1.165) is 11.1 Å². The van der Waals surface area contributed by atoms with E-state index in [2.05, 4.69) is 20.4 Å². The maximum atomic E-state index is 13.2. The summed E-state index contributed by atoms with van der Waals surface area (Å²) in [6.45, 7) is 7.21. The average Bonchev–Trinajstić information content (AvgIpc) is 2.88. The lowest BCUT2D eigenvalue weighted by Crippen LogP contribution is -2.53. The molecule has 2 saturated heterocycles. The number of hydrogen-bond acceptors (Lipinski definition) is 8. The monoisotopic (exact) mass is 512 g/mol. The molecule has 2 aromatic heterocycles. The van der Waals surface area contributed by atoms with E-state index in [1.54, 1.807) is 19.2 Å². The van der Waals surface area contributed by atoms with Crippen LogP contribution in [0.25, 0.3) is 10.9 Å². The molecule has 1 amide bonds. The minimum absolute atomic E-state index is 0.0258. The number of anilines is 2. The number of aromatic nitrogens is 3. The Labute approximate surface area is 213 Å². The van der Waals surface area contributed by atoms with Gasteiger partial charge >= 0.3 is 0 Å². The normalized spacial score (nSPS) is 17.1. The second kappa shape index (κ2) is 10.4. The van der Waals surface area contributed by atoms with Crippen molar-refractivity contribution in [3.8, 4) is 5.88 Å². The van der Waals surface area contributed by atoms with Crippen molar-refractivity contribution in [2.45, 2.75) is 26.3 Å². The van der Waals surface area contributed by atoms with Crippen LogP contribution in [0.2, 0.25) is 0 Å². The van der Waals surface area contributed by atoms with Crippen LogP contribution in [0.4, 0.5) is 20.3 Å². The highest BCUT2D eigenvalue weighted by atomic mass is 19.3. The van der Waals surface area contributed by atoms with Gasteiger partial charge in [-0.2, -0.15) is 5.10 Å². The van der Waals surface area contributed by atoms with Crippen LogP contribution < -0.4 is 15.0 Å². The highest BCUT2D eigenvalue weighted by molar-refractivity contribution is 5.94. The van der Waals surface area contributed by atoms with E-state index >= 15 is 0 Å². The van der Waals surface area contributed by atoms with Crippen molar-refractivity contribution in [3.63, 3.8) is 0 Å². The summed E-state index contributed by atoms with van der Waals surface area (Å²) in [7, 11) is 1.58. The molecule has 1 atom stereocenters. The second-order valence-electron chi connectivity index (χ2n) is 9.43. The van der Waals surface area contributed by atoms with E-state index in [9.17, 15) is 13.6 Å². The molecule has 5 rings (SSSR count). The van der Waals surface area contributed by atoms with Gasteiger partial charge in [0.2, 0.25) is 11.8 Å². The molecule has 0 aliphatic carbocycles. The number of rotatable bonds is 7. The van der Waals surface area contributed by atoms with Gasteiger partial charge in [-0.1, -0.05) is 18.2 Å². The summed E-state index contributed by atoms with van der Waals surface area (Å²) in [6, 6.07) is 8.02. The lowest BCUT2D eigenvalue weighted by Gasteiger charge is -2.39. The first-order valence-corrected chi connectivity index (χ1v) is 12.3. The minimum Gasteiger partial charge on any atom is -0.480 e. The number of aryl methyl sites for hydroxylation is 1. The number of hydrogen-bond donors (Lipinski definition) is 1. The standard InChI is InChI=1S/C26H30F2N6O3/c1-15(17-5-4-6-18(11-17)23(27)28)29-24-20-12-21(25(36-3)30-22(20)16(2)31-32-24)33-7-9-34(10-8-33)26(35)19-13-37-14-19/h4-6,11-12,15,19,23H,7-10,13-14H2,1-3H3,(H,29,32)/t15-/m1/s1. The molecule has 3 aromatic rings. The zero-order valence-electron chi connectivity index (χ0n) is 21.1. The van der Waals surface area contributed by atoms with Crippen molar-refractivity contribution in [1.29, 1.82) is 0 Å². The molecule has 9 nitrogen and oxygen atoms in total. The number of halogens is 2. The topological polar surface area (TPSA) is 92.7 Å². The fourth-order valence-electron chi connectivity index (χ4n) is 4.71. The van der Waals surface area contributed by atoms with Gasteiger partial charge in [0.15, 0.2) is 5.82 Å². The summed E-state index contributed by atoms with van der Waals surface area (Å²) in [4.78, 5) is 21.4. The zero-order chi connectivity index (χ0) is 26.1. The van der Waals surface area contributed by atoms with Crippen LogP contribution in [0.3, 0.4) is 0 Å². The molecule has 0 saturated carbocycles. The number of nitrogens with one attached hydrogen (secondary N) is 1. The van der Waals surface area contributed by atoms with Crippen LogP contribution in [0.5, 0.6) is 5.88 Å². The third-order valence-corrected chi connectivity index (χ3v) is 7.00. The Bertz CT molecular complexity index is 1290. The zero-order valence-corrected chi connectivity index (χ0v) is 21.1. The van der Waals surface area contributed by atoms with Gasteiger partial charge in [0.05, 0.1) is 38.0 Å². The third kappa shape index (κ3) is 5.00. The molecule has 2 fully saturated rings. The van der Waals surface area contributed by atoms with Gasteiger partial charge in [0, 0.05) is 37.1 Å². The largest absolute Gasteiger partial charge is 0.480 e. The molecule has 4 heterocycles. The van der Waals surface area contributed by atoms with Crippen molar-refractivity contribution in [3.05, 3.63) is 47.2 Å². The summed E-state index contributed by atoms with van der Waals surface area (Å²) < 4.78 is 37.2. The molecule has 0 bridgehead atoms. The molecule has 0 radical (unpaired) electrons. The predicted octanol–water partition coefficient (Wildman–Crippen LogP) is 3.75. The van der Waals surface area contributed by atoms with Crippen LogP contribution in [0.1, 0.15) is 36.2 Å². The lowest BCUT2D eigenvalue weighted by molar-refractivity contribution is -0.150. The lowest BCUT2D eigenvalue weighted by atomic mass is 10.0. The van der Waals surface area contributed by atoms with E-state index < -0.39 is 6.43 Å². The van der Waals surface area contributed by atoms with Crippen molar-refractivity contribution >= 4 is 28.3 Å². The predicted molar refractivity (Wildman–Crippen MR) is 135 cm³/mol. The fraction of sp³-hybridized carbons (Fsp3) is 0.462. The summed E-state index contributed by atoms with van der Waals surface area (Å²) in [5.41, 5.74) is 2.79. The molecule has 37 heavy (non-hydrogen) atoms. The van der Waals surface area contributed by atoms with Gasteiger partial charge in [-0.15, -0.1) is 5.10 Å². The highest BCUT2D eigenvalue weighted by Crippen LogP contribution is 2.35. The first-order valence-electron chi connectivity index (χ1n) is 12.3. The Morgan fingerprint density at radius 2 is 1.86 bits per heavy atom. The third-order valence-electron chi connectivity index (χ3n) is 7.00. The molecular formula is C26H30F2N6O3. The maximum Gasteiger partial charge on any atom is 0.263 e. The first kappa shape index (κ1) is 25.1. The number of fused-ring (bicyclic) bond motifs is 1. The minimum atomic E-state index is -2.54. The molecular weight excluding hydrogens is 482 g/mol. The summed E-state index contributed by atoms with van der Waals surface area (Å²) >= 11 is 0. The number of alkyl halides is 2. The quantitative estimate of drug-likeness (QED) is 0.512. The van der Waals surface area contributed by atoms with Crippen molar-refractivity contribution in [2.75, 3.05) is 56.7 Å². The molecule has 0 unspecified atom stereocenters. The Hall–Kier alpha value is -3.60. The second-order valence-corrected chi connectivity index (χ2v) is 9.43. The van der Waals surface area contributed by atoms with Crippen molar-refractivity contribution in [2.24, 2.45) is 5.92 Å². The van der Waals surface area contributed by atoms with Crippen LogP contribution >= 0.6 is 0 Å². The highest BCUT2D eigenvalue weighted by Gasteiger charge is 2.33. The number of methoxy groups -OCH3 is 1. The van der Waals surface area contributed by atoms with Gasteiger partial charge in [-0.25, -0.2) is 13.8 Å². The number of piperazine rings is 1. The van der Waals surface area contributed by atoms with Gasteiger partial charge in [-0.3, -0.25) is 4.79 Å². The number of carbonyl (C=O) groups is 1. The number of ether oxygens (including phenoxy) is 2. The van der Waals surface area contributed by atoms with Crippen LogP contribution in [0, 0.1) is 12.8 Å². The molecule has 1 N–H and O–H groups in total. The number of benzene rings is 1. The summed E-state index contributed by atoms with van der Waals surface area (Å²) in [6.07, 6.45) is -2.54. The fourth-order valence-corrected chi connectivity index (χ4v) is 4.71. The Kier molecular flexibility index (Phi) is 7.05. The van der Waals surface area contributed by atoms with Crippen LogP contribution in [-0.2, 0) is 9.53 Å². The van der Waals surface area contributed by atoms with E-state index in [-0.39, 0.29) is 23.4 Å². The van der Waals surface area contributed by atoms with Gasteiger partial charge < -0.3 is 24.6 Å². The van der Waals surface area contributed by atoms with Crippen LogP contribution in [0.15, 0.2) is 30.3 Å². The van der Waals surface area contributed by atoms with Crippen LogP contribution in [-0.4, -0.2) is 72.5 Å². The number of amides is 1. The Morgan fingerprint density at radius 1 is 1.14 bits per heavy atom. The van der Waals surface area contributed by atoms with Gasteiger partial charge in [0.25, 0.3) is 6.43 Å². The summed E-state index contributed by atoms with van der Waals surface area (Å²) in [5, 5.41) is 12.7. The van der Waals surface area contributed by atoms with Crippen molar-refractivity contribution < 1.29 is 23.0 Å². The first-order chi connectivity index (χ1) is 17.9. The van der Waals surface area contributed by atoms with E-state index in [1.165, 1.54) is 12.1 Å².